The highest BCUT2D eigenvalue weighted by molar-refractivity contribution is 5.82. The molecular weight excluding hydrogens is 259 g/mol. The molecule has 1 heterocycles. The Bertz CT molecular complexity index is 611. The molecular formula is C14H17FN4O. The van der Waals surface area contributed by atoms with Gasteiger partial charge in [-0.25, -0.2) is 4.39 Å². The molecule has 0 aliphatic heterocycles. The first kappa shape index (κ1) is 14.2. The molecule has 20 heavy (non-hydrogen) atoms. The van der Waals surface area contributed by atoms with Gasteiger partial charge in [0, 0.05) is 38.0 Å². The summed E-state index contributed by atoms with van der Waals surface area (Å²) < 4.78 is 15.1. The molecule has 1 unspecified atom stereocenters. The predicted octanol–water partition coefficient (Wildman–Crippen LogP) is 1.22. The first-order chi connectivity index (χ1) is 9.49. The number of hydrogen-bond acceptors (Lipinski definition) is 3. The van der Waals surface area contributed by atoms with Gasteiger partial charge in [0.15, 0.2) is 0 Å². The minimum Gasteiger partial charge on any atom is -0.340 e. The molecule has 0 aliphatic carbocycles. The molecule has 1 aromatic heterocycles. The second-order valence-electron chi connectivity index (χ2n) is 4.71. The van der Waals surface area contributed by atoms with Gasteiger partial charge in [-0.1, -0.05) is 18.2 Å². The summed E-state index contributed by atoms with van der Waals surface area (Å²) in [7, 11) is 3.36. The maximum Gasteiger partial charge on any atom is 0.244 e. The Hall–Kier alpha value is -2.21. The number of halogens is 1. The summed E-state index contributed by atoms with van der Waals surface area (Å²) in [6, 6.07) is 5.57. The van der Waals surface area contributed by atoms with Gasteiger partial charge < -0.3 is 10.6 Å². The zero-order valence-electron chi connectivity index (χ0n) is 11.5. The molecule has 0 fully saturated rings. The third kappa shape index (κ3) is 3.03. The summed E-state index contributed by atoms with van der Waals surface area (Å²) in [5.41, 5.74) is 7.00. The summed E-state index contributed by atoms with van der Waals surface area (Å²) in [4.78, 5) is 13.6. The molecule has 5 nitrogen and oxygen atoms in total. The second-order valence-corrected chi connectivity index (χ2v) is 4.71. The van der Waals surface area contributed by atoms with E-state index in [0.29, 0.717) is 11.1 Å². The molecule has 0 spiro atoms. The van der Waals surface area contributed by atoms with E-state index in [1.165, 1.54) is 11.0 Å². The van der Waals surface area contributed by atoms with Crippen molar-refractivity contribution in [2.24, 2.45) is 12.8 Å². The standard InChI is InChI=1S/C14H17FN4O/c1-18(8-10-5-3-4-6-12(10)15)14(20)13(16)11-7-17-19(2)9-11/h3-7,9,13H,8,16H2,1-2H3. The van der Waals surface area contributed by atoms with Gasteiger partial charge in [0.25, 0.3) is 0 Å². The Balaban J connectivity index is 2.07. The lowest BCUT2D eigenvalue weighted by Gasteiger charge is -2.21. The van der Waals surface area contributed by atoms with Crippen molar-refractivity contribution in [1.82, 2.24) is 14.7 Å². The van der Waals surface area contributed by atoms with Crippen molar-refractivity contribution in [3.8, 4) is 0 Å². The number of carbonyl (C=O) groups excluding carboxylic acids is 1. The van der Waals surface area contributed by atoms with Gasteiger partial charge in [0.2, 0.25) is 5.91 Å². The van der Waals surface area contributed by atoms with Crippen LogP contribution in [0.2, 0.25) is 0 Å². The quantitative estimate of drug-likeness (QED) is 0.913. The van der Waals surface area contributed by atoms with Crippen LogP contribution in [0.15, 0.2) is 36.7 Å². The van der Waals surface area contributed by atoms with Gasteiger partial charge in [-0.15, -0.1) is 0 Å². The summed E-state index contributed by atoms with van der Waals surface area (Å²) in [5, 5.41) is 3.98. The normalized spacial score (nSPS) is 12.2. The molecule has 2 rings (SSSR count). The lowest BCUT2D eigenvalue weighted by molar-refractivity contribution is -0.132. The van der Waals surface area contributed by atoms with Crippen molar-refractivity contribution in [2.45, 2.75) is 12.6 Å². The zero-order chi connectivity index (χ0) is 14.7. The van der Waals surface area contributed by atoms with Gasteiger partial charge in [-0.3, -0.25) is 9.48 Å². The van der Waals surface area contributed by atoms with Gasteiger partial charge in [0.05, 0.1) is 6.20 Å². The van der Waals surface area contributed by atoms with Crippen molar-refractivity contribution >= 4 is 5.91 Å². The number of carbonyl (C=O) groups is 1. The number of nitrogens with two attached hydrogens (primary N) is 1. The number of aryl methyl sites for hydroxylation is 1. The Morgan fingerprint density at radius 3 is 2.80 bits per heavy atom. The average Bonchev–Trinajstić information content (AvgIpc) is 2.86. The van der Waals surface area contributed by atoms with Crippen LogP contribution in [0.5, 0.6) is 0 Å². The Labute approximate surface area is 116 Å². The van der Waals surface area contributed by atoms with Crippen LogP contribution in [0.3, 0.4) is 0 Å². The molecule has 0 bridgehead atoms. The Kier molecular flexibility index (Phi) is 4.14. The fraction of sp³-hybridized carbons (Fsp3) is 0.286. The molecule has 2 aromatic rings. The van der Waals surface area contributed by atoms with Crippen LogP contribution in [0.1, 0.15) is 17.2 Å². The molecule has 0 saturated carbocycles. The van der Waals surface area contributed by atoms with Crippen molar-refractivity contribution in [2.75, 3.05) is 7.05 Å². The fourth-order valence-electron chi connectivity index (χ4n) is 1.94. The zero-order valence-corrected chi connectivity index (χ0v) is 11.5. The van der Waals surface area contributed by atoms with Gasteiger partial charge in [-0.05, 0) is 6.07 Å². The lowest BCUT2D eigenvalue weighted by Crippen LogP contribution is -2.35. The van der Waals surface area contributed by atoms with Gasteiger partial charge in [-0.2, -0.15) is 5.10 Å². The van der Waals surface area contributed by atoms with E-state index >= 15 is 0 Å². The Morgan fingerprint density at radius 2 is 2.20 bits per heavy atom. The summed E-state index contributed by atoms with van der Waals surface area (Å²) in [6.45, 7) is 0.180. The number of likely N-dealkylation sites (N-methyl/N-ethyl adjacent to an activating group) is 1. The third-order valence-electron chi connectivity index (χ3n) is 3.09. The van der Waals surface area contributed by atoms with E-state index in [2.05, 4.69) is 5.10 Å². The lowest BCUT2D eigenvalue weighted by atomic mass is 10.1. The number of amides is 1. The fourth-order valence-corrected chi connectivity index (χ4v) is 1.94. The highest BCUT2D eigenvalue weighted by Crippen LogP contribution is 2.14. The van der Waals surface area contributed by atoms with Crippen molar-refractivity contribution in [3.05, 3.63) is 53.6 Å². The van der Waals surface area contributed by atoms with Crippen LogP contribution in [-0.2, 0) is 18.4 Å². The van der Waals surface area contributed by atoms with Crippen LogP contribution >= 0.6 is 0 Å². The number of hydrogen-bond donors (Lipinski definition) is 1. The van der Waals surface area contributed by atoms with Crippen molar-refractivity contribution in [3.63, 3.8) is 0 Å². The van der Waals surface area contributed by atoms with E-state index in [1.54, 1.807) is 49.4 Å². The van der Waals surface area contributed by atoms with E-state index < -0.39 is 6.04 Å². The minimum atomic E-state index is -0.791. The molecule has 2 N–H and O–H groups in total. The number of rotatable bonds is 4. The van der Waals surface area contributed by atoms with Crippen LogP contribution < -0.4 is 5.73 Å². The highest BCUT2D eigenvalue weighted by Gasteiger charge is 2.21. The van der Waals surface area contributed by atoms with E-state index in [0.717, 1.165) is 0 Å². The van der Waals surface area contributed by atoms with E-state index in [4.69, 9.17) is 5.73 Å². The molecule has 0 saturated heterocycles. The third-order valence-corrected chi connectivity index (χ3v) is 3.09. The SMILES string of the molecule is CN(Cc1ccccc1F)C(=O)C(N)c1cnn(C)c1. The first-order valence-electron chi connectivity index (χ1n) is 6.21. The largest absolute Gasteiger partial charge is 0.340 e. The molecule has 0 radical (unpaired) electrons. The molecule has 6 heteroatoms. The van der Waals surface area contributed by atoms with E-state index in [1.807, 2.05) is 0 Å². The maximum absolute atomic E-state index is 13.6. The summed E-state index contributed by atoms with van der Waals surface area (Å²) in [5.74, 6) is -0.608. The predicted molar refractivity (Wildman–Crippen MR) is 73.0 cm³/mol. The summed E-state index contributed by atoms with van der Waals surface area (Å²) in [6.07, 6.45) is 3.25. The minimum absolute atomic E-state index is 0.180. The van der Waals surface area contributed by atoms with E-state index in [9.17, 15) is 9.18 Å². The van der Waals surface area contributed by atoms with Crippen LogP contribution in [0, 0.1) is 5.82 Å². The molecule has 1 aromatic carbocycles. The molecule has 106 valence electrons. The van der Waals surface area contributed by atoms with Crippen molar-refractivity contribution in [1.29, 1.82) is 0 Å². The number of nitrogens with zero attached hydrogens (tertiary/aromatic N) is 3. The molecule has 1 atom stereocenters. The van der Waals surface area contributed by atoms with Crippen molar-refractivity contribution < 1.29 is 9.18 Å². The Morgan fingerprint density at radius 1 is 1.50 bits per heavy atom. The van der Waals surface area contributed by atoms with Crippen LogP contribution in [0.25, 0.3) is 0 Å². The van der Waals surface area contributed by atoms with Gasteiger partial charge >= 0.3 is 0 Å². The average molecular weight is 276 g/mol. The smallest absolute Gasteiger partial charge is 0.244 e. The van der Waals surface area contributed by atoms with Gasteiger partial charge in [0.1, 0.15) is 11.9 Å². The second kappa shape index (κ2) is 5.83. The van der Waals surface area contributed by atoms with E-state index in [-0.39, 0.29) is 18.3 Å². The highest BCUT2D eigenvalue weighted by atomic mass is 19.1. The summed E-state index contributed by atoms with van der Waals surface area (Å²) >= 11 is 0. The first-order valence-corrected chi connectivity index (χ1v) is 6.21. The number of benzene rings is 1. The molecule has 0 aliphatic rings. The molecule has 1 amide bonds. The van der Waals surface area contributed by atoms with Crippen LogP contribution in [-0.4, -0.2) is 27.6 Å². The maximum atomic E-state index is 13.6. The van der Waals surface area contributed by atoms with Crippen LogP contribution in [0.4, 0.5) is 4.39 Å². The number of aromatic nitrogens is 2. The monoisotopic (exact) mass is 276 g/mol. The topological polar surface area (TPSA) is 64.2 Å².